The van der Waals surface area contributed by atoms with Crippen molar-refractivity contribution in [1.29, 1.82) is 0 Å². The number of hydrogen-bond acceptors (Lipinski definition) is 6. The molecular weight excluding hydrogens is 382 g/mol. The second kappa shape index (κ2) is 10.4. The van der Waals surface area contributed by atoms with E-state index in [2.05, 4.69) is 25.5 Å². The van der Waals surface area contributed by atoms with Gasteiger partial charge in [0.15, 0.2) is 0 Å². The number of nitrogens with zero attached hydrogens (tertiary/aromatic N) is 2. The average Bonchev–Trinajstić information content (AvgIpc) is 2.72. The molecule has 0 spiro atoms. The maximum atomic E-state index is 14.1. The summed E-state index contributed by atoms with van der Waals surface area (Å²) in [4.78, 5) is 30.1. The highest BCUT2D eigenvalue weighted by Gasteiger charge is 2.07. The van der Waals surface area contributed by atoms with Gasteiger partial charge in [-0.15, -0.1) is 0 Å². The highest BCUT2D eigenvalue weighted by molar-refractivity contribution is 5.89. The summed E-state index contributed by atoms with van der Waals surface area (Å²) < 4.78 is 37.2. The van der Waals surface area contributed by atoms with Gasteiger partial charge in [-0.3, -0.25) is 0 Å². The Morgan fingerprint density at radius 3 is 1.62 bits per heavy atom. The zero-order valence-electron chi connectivity index (χ0n) is 15.6. The SMILES string of the molecule is COC(=O)/C=C/c1cccc(F)c1N=C=Nc1c(F)cccc1/C=C/C(=O)OC. The quantitative estimate of drug-likeness (QED) is 0.409. The third-order valence-electron chi connectivity index (χ3n) is 3.56. The van der Waals surface area contributed by atoms with Gasteiger partial charge in [-0.25, -0.2) is 18.4 Å². The number of rotatable bonds is 6. The van der Waals surface area contributed by atoms with E-state index in [-0.39, 0.29) is 22.5 Å². The van der Waals surface area contributed by atoms with Crippen LogP contribution in [0.3, 0.4) is 0 Å². The van der Waals surface area contributed by atoms with Gasteiger partial charge in [-0.2, -0.15) is 9.98 Å². The van der Waals surface area contributed by atoms with E-state index in [1.807, 2.05) is 0 Å². The summed E-state index contributed by atoms with van der Waals surface area (Å²) >= 11 is 0. The van der Waals surface area contributed by atoms with Gasteiger partial charge in [-0.05, 0) is 24.3 Å². The average molecular weight is 398 g/mol. The molecule has 0 aliphatic rings. The number of carbonyl (C=O) groups is 2. The van der Waals surface area contributed by atoms with Gasteiger partial charge in [0.2, 0.25) is 0 Å². The van der Waals surface area contributed by atoms with Crippen molar-refractivity contribution in [2.75, 3.05) is 14.2 Å². The second-order valence-corrected chi connectivity index (χ2v) is 5.39. The number of ether oxygens (including phenoxy) is 2. The van der Waals surface area contributed by atoms with Crippen LogP contribution in [0.4, 0.5) is 20.2 Å². The largest absolute Gasteiger partial charge is 0.466 e. The molecule has 0 amide bonds. The standard InChI is InChI=1S/C21H16F2N2O4/c1-28-18(26)11-9-14-5-3-7-16(22)20(14)24-13-25-21-15(6-4-8-17(21)23)10-12-19(27)29-2/h3-12H,1-2H3/b11-9+,12-10+. The zero-order valence-corrected chi connectivity index (χ0v) is 15.6. The van der Waals surface area contributed by atoms with E-state index in [1.165, 1.54) is 62.8 Å². The molecule has 0 N–H and O–H groups in total. The molecule has 2 aromatic carbocycles. The molecule has 8 heteroatoms. The fourth-order valence-corrected chi connectivity index (χ4v) is 2.15. The van der Waals surface area contributed by atoms with Crippen LogP contribution in [0.1, 0.15) is 11.1 Å². The fourth-order valence-electron chi connectivity index (χ4n) is 2.15. The number of carbonyl (C=O) groups excluding carboxylic acids is 2. The van der Waals surface area contributed by atoms with E-state index in [4.69, 9.17) is 0 Å². The summed E-state index contributed by atoms with van der Waals surface area (Å²) in [6, 6.07) is 10.5. The number of esters is 2. The normalized spacial score (nSPS) is 10.6. The van der Waals surface area contributed by atoms with Gasteiger partial charge in [0.1, 0.15) is 29.0 Å². The maximum absolute atomic E-state index is 14.1. The number of hydrogen-bond donors (Lipinski definition) is 0. The Morgan fingerprint density at radius 1 is 0.828 bits per heavy atom. The zero-order chi connectivity index (χ0) is 21.2. The number of halogens is 2. The summed E-state index contributed by atoms with van der Waals surface area (Å²) in [6.45, 7) is 0. The van der Waals surface area contributed by atoms with Crippen molar-refractivity contribution in [2.45, 2.75) is 0 Å². The van der Waals surface area contributed by atoms with E-state index < -0.39 is 23.6 Å². The topological polar surface area (TPSA) is 77.3 Å². The molecule has 0 saturated heterocycles. The molecule has 0 aliphatic carbocycles. The van der Waals surface area contributed by atoms with Crippen molar-refractivity contribution in [3.8, 4) is 0 Å². The fraction of sp³-hybridized carbons (Fsp3) is 0.0952. The summed E-state index contributed by atoms with van der Waals surface area (Å²) in [5.74, 6) is -2.60. The molecule has 0 saturated carbocycles. The molecule has 0 bridgehead atoms. The minimum absolute atomic E-state index is 0.139. The van der Waals surface area contributed by atoms with E-state index in [9.17, 15) is 18.4 Å². The van der Waals surface area contributed by atoms with Gasteiger partial charge in [0.05, 0.1) is 14.2 Å². The lowest BCUT2D eigenvalue weighted by molar-refractivity contribution is -0.135. The van der Waals surface area contributed by atoms with Crippen LogP contribution in [0, 0.1) is 11.6 Å². The maximum Gasteiger partial charge on any atom is 0.330 e. The van der Waals surface area contributed by atoms with E-state index in [0.29, 0.717) is 0 Å². The summed E-state index contributed by atoms with van der Waals surface area (Å²) in [6.07, 6.45) is 4.86. The van der Waals surface area contributed by atoms with Crippen molar-refractivity contribution in [1.82, 2.24) is 0 Å². The molecule has 0 aliphatic heterocycles. The molecule has 0 radical (unpaired) electrons. The third-order valence-corrected chi connectivity index (χ3v) is 3.56. The summed E-state index contributed by atoms with van der Waals surface area (Å²) in [5, 5.41) is 0. The van der Waals surface area contributed by atoms with Crippen LogP contribution in [-0.2, 0) is 19.1 Å². The monoisotopic (exact) mass is 398 g/mol. The molecule has 29 heavy (non-hydrogen) atoms. The minimum atomic E-state index is -0.681. The molecule has 148 valence electrons. The van der Waals surface area contributed by atoms with Crippen molar-refractivity contribution in [3.63, 3.8) is 0 Å². The van der Waals surface area contributed by atoms with Crippen LogP contribution >= 0.6 is 0 Å². The van der Waals surface area contributed by atoms with Gasteiger partial charge in [0.25, 0.3) is 0 Å². The predicted octanol–water partition coefficient (Wildman–Crippen LogP) is 4.47. The molecule has 0 fully saturated rings. The molecule has 6 nitrogen and oxygen atoms in total. The van der Waals surface area contributed by atoms with Crippen LogP contribution < -0.4 is 0 Å². The Kier molecular flexibility index (Phi) is 7.70. The minimum Gasteiger partial charge on any atom is -0.466 e. The number of para-hydroxylation sites is 2. The number of methoxy groups -OCH3 is 2. The van der Waals surface area contributed by atoms with E-state index in [1.54, 1.807) is 0 Å². The van der Waals surface area contributed by atoms with Gasteiger partial charge >= 0.3 is 11.9 Å². The second-order valence-electron chi connectivity index (χ2n) is 5.39. The van der Waals surface area contributed by atoms with Crippen LogP contribution in [0.2, 0.25) is 0 Å². The highest BCUT2D eigenvalue weighted by atomic mass is 19.1. The van der Waals surface area contributed by atoms with Crippen LogP contribution in [-0.4, -0.2) is 32.2 Å². The van der Waals surface area contributed by atoms with Crippen LogP contribution in [0.5, 0.6) is 0 Å². The van der Waals surface area contributed by atoms with Crippen molar-refractivity contribution >= 4 is 41.5 Å². The first-order valence-electron chi connectivity index (χ1n) is 8.21. The number of benzene rings is 2. The molecule has 0 aromatic heterocycles. The molecule has 2 rings (SSSR count). The molecule has 0 unspecified atom stereocenters. The lowest BCUT2D eigenvalue weighted by Gasteiger charge is -2.01. The van der Waals surface area contributed by atoms with Gasteiger partial charge in [0, 0.05) is 23.3 Å². The van der Waals surface area contributed by atoms with E-state index >= 15 is 0 Å². The summed E-state index contributed by atoms with van der Waals surface area (Å²) in [5.41, 5.74) is 0.272. The Morgan fingerprint density at radius 2 is 1.24 bits per heavy atom. The van der Waals surface area contributed by atoms with E-state index in [0.717, 1.165) is 12.2 Å². The third kappa shape index (κ3) is 6.05. The summed E-state index contributed by atoms with van der Waals surface area (Å²) in [7, 11) is 2.43. The predicted molar refractivity (Wildman–Crippen MR) is 104 cm³/mol. The molecule has 0 heterocycles. The van der Waals surface area contributed by atoms with Gasteiger partial charge in [-0.1, -0.05) is 24.3 Å². The van der Waals surface area contributed by atoms with Crippen LogP contribution in [0.25, 0.3) is 12.2 Å². The van der Waals surface area contributed by atoms with Crippen molar-refractivity contribution < 1.29 is 27.8 Å². The smallest absolute Gasteiger partial charge is 0.330 e. The van der Waals surface area contributed by atoms with Crippen molar-refractivity contribution in [2.24, 2.45) is 9.98 Å². The Bertz CT molecular complexity index is 959. The molecular formula is C21H16F2N2O4. The Hall–Kier alpha value is -3.90. The number of aliphatic imine (C=N–C) groups is 2. The first-order valence-corrected chi connectivity index (χ1v) is 8.21. The first kappa shape index (κ1) is 21.4. The lowest BCUT2D eigenvalue weighted by Crippen LogP contribution is -1.93. The molecule has 0 atom stereocenters. The highest BCUT2D eigenvalue weighted by Crippen LogP contribution is 2.26. The first-order chi connectivity index (χ1) is 14.0. The Labute approximate surface area is 165 Å². The molecule has 2 aromatic rings. The Balaban J connectivity index is 2.43. The van der Waals surface area contributed by atoms with Gasteiger partial charge < -0.3 is 9.47 Å². The van der Waals surface area contributed by atoms with Crippen molar-refractivity contribution in [3.05, 3.63) is 71.3 Å². The lowest BCUT2D eigenvalue weighted by atomic mass is 10.1. The van der Waals surface area contributed by atoms with Crippen LogP contribution in [0.15, 0.2) is 58.5 Å².